The Morgan fingerprint density at radius 3 is 2.68 bits per heavy atom. The minimum Gasteiger partial charge on any atom is -0.351 e. The van der Waals surface area contributed by atoms with Crippen LogP contribution >= 0.6 is 23.1 Å². The van der Waals surface area contributed by atoms with Gasteiger partial charge in [0.2, 0.25) is 5.95 Å². The number of benzene rings is 1. The third-order valence-electron chi connectivity index (χ3n) is 5.99. The van der Waals surface area contributed by atoms with Crippen LogP contribution in [0.2, 0.25) is 0 Å². The minimum absolute atomic E-state index is 0.314. The molecular weight excluding hydrogens is 466 g/mol. The molecule has 1 aliphatic carbocycles. The molecule has 3 aromatic rings. The number of anilines is 1. The van der Waals surface area contributed by atoms with Crippen LogP contribution in [0.4, 0.5) is 10.7 Å². The molecule has 3 heterocycles. The van der Waals surface area contributed by atoms with Gasteiger partial charge in [-0.2, -0.15) is 0 Å². The van der Waals surface area contributed by atoms with Gasteiger partial charge in [0.25, 0.3) is 11.1 Å². The van der Waals surface area contributed by atoms with Gasteiger partial charge in [0.05, 0.1) is 10.6 Å². The molecule has 34 heavy (non-hydrogen) atoms. The number of aromatic nitrogens is 2. The van der Waals surface area contributed by atoms with E-state index in [2.05, 4.69) is 67.7 Å². The first-order chi connectivity index (χ1) is 16.6. The molecule has 0 atom stereocenters. The standard InChI is InChI=1S/C25H25N5O2S2/c31-23-22(34-25(32)30-23)14-20-10-11-26-24(29-20)28-19-8-6-18(7-9-19)27-15-16-3-1-4-17(13-16)21-5-2-12-33-21/h1-5,10-14,18-19,27H,6-9,15H2,(H,26,28,29)(H,30,31,32)/b22-14-/t18-,19-. The molecule has 1 aromatic carbocycles. The Morgan fingerprint density at radius 2 is 1.91 bits per heavy atom. The summed E-state index contributed by atoms with van der Waals surface area (Å²) in [7, 11) is 0. The molecule has 2 aliphatic rings. The van der Waals surface area contributed by atoms with Crippen LogP contribution in [0.25, 0.3) is 16.5 Å². The van der Waals surface area contributed by atoms with Gasteiger partial charge >= 0.3 is 0 Å². The third kappa shape index (κ3) is 5.72. The Kier molecular flexibility index (Phi) is 7.03. The van der Waals surface area contributed by atoms with Gasteiger partial charge in [0, 0.05) is 29.7 Å². The van der Waals surface area contributed by atoms with Crippen LogP contribution in [0.15, 0.2) is 58.9 Å². The summed E-state index contributed by atoms with van der Waals surface area (Å²) in [5.74, 6) is 0.165. The zero-order valence-electron chi connectivity index (χ0n) is 18.5. The van der Waals surface area contributed by atoms with Crippen LogP contribution in [0.1, 0.15) is 36.9 Å². The molecular formula is C25H25N5O2S2. The lowest BCUT2D eigenvalue weighted by atomic mass is 9.91. The van der Waals surface area contributed by atoms with Crippen molar-refractivity contribution in [3.05, 3.63) is 70.2 Å². The van der Waals surface area contributed by atoms with E-state index < -0.39 is 0 Å². The molecule has 0 radical (unpaired) electrons. The lowest BCUT2D eigenvalue weighted by Gasteiger charge is -2.30. The van der Waals surface area contributed by atoms with Crippen LogP contribution in [0, 0.1) is 0 Å². The summed E-state index contributed by atoms with van der Waals surface area (Å²) in [6, 6.07) is 15.5. The fraction of sp³-hybridized carbons (Fsp3) is 0.280. The average Bonchev–Trinajstić information content (AvgIpc) is 3.49. The fourth-order valence-electron chi connectivity index (χ4n) is 4.24. The largest absolute Gasteiger partial charge is 0.351 e. The van der Waals surface area contributed by atoms with Crippen molar-refractivity contribution in [3.63, 3.8) is 0 Å². The zero-order valence-corrected chi connectivity index (χ0v) is 20.1. The van der Waals surface area contributed by atoms with Gasteiger partial charge < -0.3 is 10.6 Å². The number of nitrogens with zero attached hydrogens (tertiary/aromatic N) is 2. The number of amides is 2. The van der Waals surface area contributed by atoms with Crippen molar-refractivity contribution >= 4 is 46.3 Å². The van der Waals surface area contributed by atoms with Crippen molar-refractivity contribution in [2.75, 3.05) is 5.32 Å². The van der Waals surface area contributed by atoms with E-state index in [1.165, 1.54) is 16.0 Å². The number of rotatable bonds is 7. The summed E-state index contributed by atoms with van der Waals surface area (Å²) in [6.07, 6.45) is 7.53. The molecule has 2 amide bonds. The van der Waals surface area contributed by atoms with E-state index in [0.29, 0.717) is 28.6 Å². The number of hydrogen-bond acceptors (Lipinski definition) is 8. The van der Waals surface area contributed by atoms with Gasteiger partial charge in [0.1, 0.15) is 0 Å². The number of thioether (sulfide) groups is 1. The maximum Gasteiger partial charge on any atom is 0.290 e. The SMILES string of the molecule is O=C1NC(=O)/C(=C/c2ccnc(N[C@H]3CC[C@H](NCc4cccc(-c5cccs5)c4)CC3)n2)S1. The first-order valence-corrected chi connectivity index (χ1v) is 13.0. The highest BCUT2D eigenvalue weighted by molar-refractivity contribution is 8.18. The number of thiophene rings is 1. The second-order valence-electron chi connectivity index (χ2n) is 8.41. The van der Waals surface area contributed by atoms with Gasteiger partial charge in [-0.3, -0.25) is 14.9 Å². The van der Waals surface area contributed by atoms with Crippen molar-refractivity contribution in [1.29, 1.82) is 0 Å². The maximum atomic E-state index is 11.8. The van der Waals surface area contributed by atoms with E-state index in [1.807, 2.05) is 0 Å². The molecule has 0 unspecified atom stereocenters. The lowest BCUT2D eigenvalue weighted by Crippen LogP contribution is -2.36. The molecule has 1 saturated heterocycles. The first kappa shape index (κ1) is 22.8. The summed E-state index contributed by atoms with van der Waals surface area (Å²) < 4.78 is 0. The summed E-state index contributed by atoms with van der Waals surface area (Å²) in [5, 5.41) is 11.2. The number of carbonyl (C=O) groups excluding carboxylic acids is 2. The molecule has 9 heteroatoms. The van der Waals surface area contributed by atoms with Gasteiger partial charge in [-0.1, -0.05) is 24.3 Å². The number of hydrogen-bond donors (Lipinski definition) is 3. The Balaban J connectivity index is 1.11. The molecule has 3 N–H and O–H groups in total. The smallest absolute Gasteiger partial charge is 0.290 e. The van der Waals surface area contributed by atoms with E-state index in [0.717, 1.165) is 44.0 Å². The van der Waals surface area contributed by atoms with Crippen LogP contribution < -0.4 is 16.0 Å². The summed E-state index contributed by atoms with van der Waals surface area (Å²) in [4.78, 5) is 33.6. The maximum absolute atomic E-state index is 11.8. The van der Waals surface area contributed by atoms with Crippen molar-refractivity contribution in [3.8, 4) is 10.4 Å². The fourth-order valence-corrected chi connectivity index (χ4v) is 5.63. The van der Waals surface area contributed by atoms with E-state index in [4.69, 9.17) is 0 Å². The molecule has 0 bridgehead atoms. The molecule has 2 fully saturated rings. The number of nitrogens with one attached hydrogen (secondary N) is 3. The third-order valence-corrected chi connectivity index (χ3v) is 7.72. The summed E-state index contributed by atoms with van der Waals surface area (Å²) >= 11 is 2.65. The summed E-state index contributed by atoms with van der Waals surface area (Å²) in [6.45, 7) is 0.871. The Bertz CT molecular complexity index is 1200. The van der Waals surface area contributed by atoms with E-state index in [1.54, 1.807) is 29.7 Å². The Hall–Kier alpha value is -3.01. The normalized spacial score (nSPS) is 21.6. The second kappa shape index (κ2) is 10.5. The van der Waals surface area contributed by atoms with Gasteiger partial charge in [0.15, 0.2) is 0 Å². The molecule has 174 valence electrons. The number of imide groups is 1. The second-order valence-corrected chi connectivity index (χ2v) is 10.4. The molecule has 0 spiro atoms. The topological polar surface area (TPSA) is 96.0 Å². The highest BCUT2D eigenvalue weighted by Gasteiger charge is 2.25. The molecule has 7 nitrogen and oxygen atoms in total. The highest BCUT2D eigenvalue weighted by Crippen LogP contribution is 2.27. The Labute approximate surface area is 206 Å². The molecule has 5 rings (SSSR count). The van der Waals surface area contributed by atoms with E-state index in [9.17, 15) is 9.59 Å². The highest BCUT2D eigenvalue weighted by atomic mass is 32.2. The lowest BCUT2D eigenvalue weighted by molar-refractivity contribution is -0.115. The molecule has 1 aliphatic heterocycles. The van der Waals surface area contributed by atoms with Crippen molar-refractivity contribution in [2.45, 2.75) is 44.3 Å². The average molecular weight is 492 g/mol. The zero-order chi connectivity index (χ0) is 23.3. The van der Waals surface area contributed by atoms with Crippen LogP contribution in [-0.4, -0.2) is 33.2 Å². The van der Waals surface area contributed by atoms with Gasteiger partial charge in [-0.15, -0.1) is 11.3 Å². The van der Waals surface area contributed by atoms with Crippen LogP contribution in [0.3, 0.4) is 0 Å². The van der Waals surface area contributed by atoms with Crippen LogP contribution in [-0.2, 0) is 11.3 Å². The quantitative estimate of drug-likeness (QED) is 0.398. The van der Waals surface area contributed by atoms with Crippen molar-refractivity contribution < 1.29 is 9.59 Å². The first-order valence-electron chi connectivity index (χ1n) is 11.3. The number of carbonyl (C=O) groups is 2. The minimum atomic E-state index is -0.382. The summed E-state index contributed by atoms with van der Waals surface area (Å²) in [5.41, 5.74) is 3.19. The van der Waals surface area contributed by atoms with Crippen LogP contribution in [0.5, 0.6) is 0 Å². The van der Waals surface area contributed by atoms with E-state index >= 15 is 0 Å². The van der Waals surface area contributed by atoms with Gasteiger partial charge in [-0.25, -0.2) is 9.97 Å². The molecule has 1 saturated carbocycles. The van der Waals surface area contributed by atoms with E-state index in [-0.39, 0.29) is 11.1 Å². The monoisotopic (exact) mass is 491 g/mol. The molecule has 2 aromatic heterocycles. The predicted molar refractivity (Wildman–Crippen MR) is 137 cm³/mol. The van der Waals surface area contributed by atoms with Gasteiger partial charge in [-0.05, 0) is 78.2 Å². The van der Waals surface area contributed by atoms with Crippen molar-refractivity contribution in [1.82, 2.24) is 20.6 Å². The Morgan fingerprint density at radius 1 is 1.06 bits per heavy atom. The van der Waals surface area contributed by atoms with Crippen molar-refractivity contribution in [2.24, 2.45) is 0 Å². The predicted octanol–water partition coefficient (Wildman–Crippen LogP) is 5.04.